The minimum atomic E-state index is -3.49. The van der Waals surface area contributed by atoms with Crippen LogP contribution in [-0.2, 0) is 10.0 Å². The van der Waals surface area contributed by atoms with Crippen LogP contribution in [0.25, 0.3) is 0 Å². The van der Waals surface area contributed by atoms with Crippen molar-refractivity contribution >= 4 is 39.1 Å². The number of hydrogen-bond donors (Lipinski definition) is 0. The van der Waals surface area contributed by atoms with Gasteiger partial charge in [-0.25, -0.2) is 18.4 Å². The molecule has 0 saturated carbocycles. The van der Waals surface area contributed by atoms with Gasteiger partial charge in [0, 0.05) is 0 Å². The Morgan fingerprint density at radius 3 is 2.27 bits per heavy atom. The molecule has 5 nitrogen and oxygen atoms in total. The number of sulfonamides is 1. The highest BCUT2D eigenvalue weighted by Crippen LogP contribution is 2.34. The molecule has 1 heterocycles. The first-order valence-corrected chi connectivity index (χ1v) is 8.61. The maximum Gasteiger partial charge on any atom is 0.268 e. The highest BCUT2D eigenvalue weighted by molar-refractivity contribution is 7.97. The van der Waals surface area contributed by atoms with Crippen LogP contribution in [0.2, 0.25) is 5.15 Å². The third-order valence-corrected chi connectivity index (χ3v) is 7.61. The third kappa shape index (κ3) is 3.05. The Hall–Kier alpha value is 0.140. The van der Waals surface area contributed by atoms with E-state index < -0.39 is 10.0 Å². The summed E-state index contributed by atoms with van der Waals surface area (Å²) in [5.74, 6) is 0. The Balaban J connectivity index is 3.11. The second kappa shape index (κ2) is 5.46. The SMILES string of the molecule is CPN(PC)S(=O)(=O)c1cnc(Cl)cn1. The van der Waals surface area contributed by atoms with Crippen molar-refractivity contribution in [1.29, 1.82) is 0 Å². The molecule has 0 amide bonds. The Bertz CT molecular complexity index is 421. The molecule has 0 saturated heterocycles. The van der Waals surface area contributed by atoms with Crippen molar-refractivity contribution in [2.24, 2.45) is 0 Å². The predicted molar refractivity (Wildman–Crippen MR) is 64.5 cm³/mol. The van der Waals surface area contributed by atoms with Gasteiger partial charge in [-0.2, -0.15) is 3.85 Å². The maximum absolute atomic E-state index is 11.9. The molecule has 15 heavy (non-hydrogen) atoms. The number of hydrogen-bond acceptors (Lipinski definition) is 4. The summed E-state index contributed by atoms with van der Waals surface area (Å²) in [5.41, 5.74) is 0. The van der Waals surface area contributed by atoms with Crippen LogP contribution >= 0.6 is 29.1 Å². The Morgan fingerprint density at radius 2 is 1.87 bits per heavy atom. The molecule has 0 fully saturated rings. The van der Waals surface area contributed by atoms with Crippen LogP contribution in [0.4, 0.5) is 0 Å². The standard InChI is InChI=1S/C6H10ClN3O2P2S/c1-13-10(14-2)15(11,12)6-4-8-5(7)3-9-6/h3-4,13-14H,1-2H3. The van der Waals surface area contributed by atoms with Gasteiger partial charge < -0.3 is 0 Å². The van der Waals surface area contributed by atoms with Crippen LogP contribution in [0.3, 0.4) is 0 Å². The van der Waals surface area contributed by atoms with Gasteiger partial charge in [-0.1, -0.05) is 11.6 Å². The monoisotopic (exact) mass is 285 g/mol. The van der Waals surface area contributed by atoms with Gasteiger partial charge in [0.25, 0.3) is 10.0 Å². The molecule has 9 heteroatoms. The summed E-state index contributed by atoms with van der Waals surface area (Å²) in [7, 11) is -3.13. The molecule has 0 radical (unpaired) electrons. The molecule has 1 aromatic heterocycles. The Labute approximate surface area is 97.4 Å². The lowest BCUT2D eigenvalue weighted by molar-refractivity contribution is 0.576. The van der Waals surface area contributed by atoms with E-state index in [-0.39, 0.29) is 27.6 Å². The normalized spacial score (nSPS) is 13.6. The lowest BCUT2D eigenvalue weighted by Gasteiger charge is -2.16. The zero-order valence-electron chi connectivity index (χ0n) is 8.10. The maximum atomic E-state index is 11.9. The van der Waals surface area contributed by atoms with Crippen LogP contribution in [0, 0.1) is 0 Å². The minimum Gasteiger partial charge on any atom is -0.240 e. The lowest BCUT2D eigenvalue weighted by Crippen LogP contribution is -2.16. The molecule has 0 spiro atoms. The third-order valence-electron chi connectivity index (χ3n) is 1.51. The molecule has 0 aliphatic heterocycles. The lowest BCUT2D eigenvalue weighted by atomic mass is 10.8. The van der Waals surface area contributed by atoms with E-state index in [4.69, 9.17) is 11.6 Å². The summed E-state index contributed by atoms with van der Waals surface area (Å²) in [5, 5.41) is 0.119. The highest BCUT2D eigenvalue weighted by Gasteiger charge is 2.23. The van der Waals surface area contributed by atoms with E-state index in [0.717, 1.165) is 0 Å². The summed E-state index contributed by atoms with van der Waals surface area (Å²) in [6, 6.07) is 0. The Morgan fingerprint density at radius 1 is 1.27 bits per heavy atom. The molecule has 0 aliphatic carbocycles. The quantitative estimate of drug-likeness (QED) is 0.788. The van der Waals surface area contributed by atoms with Crippen molar-refractivity contribution < 1.29 is 8.42 Å². The van der Waals surface area contributed by atoms with E-state index in [9.17, 15) is 8.42 Å². The van der Waals surface area contributed by atoms with Gasteiger partial charge in [0.15, 0.2) is 5.03 Å². The molecule has 84 valence electrons. The average Bonchev–Trinajstić information content (AvgIpc) is 2.19. The van der Waals surface area contributed by atoms with Crippen LogP contribution < -0.4 is 0 Å². The second-order valence-corrected chi connectivity index (χ2v) is 7.40. The minimum absolute atomic E-state index is 0.0596. The molecule has 1 rings (SSSR count). The fraction of sp³-hybridized carbons (Fsp3) is 0.333. The zero-order chi connectivity index (χ0) is 11.5. The topological polar surface area (TPSA) is 63.2 Å². The molecule has 0 N–H and O–H groups in total. The van der Waals surface area contributed by atoms with Crippen molar-refractivity contribution in [2.45, 2.75) is 5.03 Å². The van der Waals surface area contributed by atoms with E-state index in [1.165, 1.54) is 16.2 Å². The van der Waals surface area contributed by atoms with Gasteiger partial charge in [0.05, 0.1) is 12.4 Å². The van der Waals surface area contributed by atoms with E-state index >= 15 is 0 Å². The largest absolute Gasteiger partial charge is 0.268 e. The van der Waals surface area contributed by atoms with Gasteiger partial charge in [0.2, 0.25) is 0 Å². The summed E-state index contributed by atoms with van der Waals surface area (Å²) in [6.45, 7) is 3.61. The van der Waals surface area contributed by atoms with Crippen LogP contribution in [0.1, 0.15) is 0 Å². The van der Waals surface area contributed by atoms with E-state index in [1.807, 2.05) is 0 Å². The first-order valence-electron chi connectivity index (χ1n) is 3.90. The first kappa shape index (κ1) is 13.2. The molecular weight excluding hydrogens is 276 g/mol. The molecular formula is C6H10ClN3O2P2S. The Kier molecular flexibility index (Phi) is 4.81. The fourth-order valence-electron chi connectivity index (χ4n) is 0.879. The number of aromatic nitrogens is 2. The zero-order valence-corrected chi connectivity index (χ0v) is 11.7. The van der Waals surface area contributed by atoms with Crippen molar-refractivity contribution in [1.82, 2.24) is 13.8 Å². The highest BCUT2D eigenvalue weighted by atomic mass is 35.5. The summed E-state index contributed by atoms with van der Waals surface area (Å²) >= 11 is 5.53. The van der Waals surface area contributed by atoms with Crippen LogP contribution in [0.5, 0.6) is 0 Å². The van der Waals surface area contributed by atoms with Gasteiger partial charge in [-0.05, 0) is 30.8 Å². The van der Waals surface area contributed by atoms with Crippen molar-refractivity contribution in [2.75, 3.05) is 13.3 Å². The van der Waals surface area contributed by atoms with Gasteiger partial charge >= 0.3 is 0 Å². The van der Waals surface area contributed by atoms with Crippen LogP contribution in [-0.4, -0.2) is 35.6 Å². The van der Waals surface area contributed by atoms with Crippen molar-refractivity contribution in [3.05, 3.63) is 17.5 Å². The fourth-order valence-corrected chi connectivity index (χ4v) is 4.91. The molecule has 0 aliphatic rings. The van der Waals surface area contributed by atoms with Crippen LogP contribution in [0.15, 0.2) is 17.4 Å². The summed E-state index contributed by atoms with van der Waals surface area (Å²) in [6.07, 6.45) is 2.40. The average molecular weight is 286 g/mol. The molecule has 0 aromatic carbocycles. The second-order valence-electron chi connectivity index (χ2n) is 2.39. The number of rotatable bonds is 4. The van der Waals surface area contributed by atoms with Gasteiger partial charge in [-0.15, -0.1) is 0 Å². The van der Waals surface area contributed by atoms with Crippen molar-refractivity contribution in [3.63, 3.8) is 0 Å². The summed E-state index contributed by atoms with van der Waals surface area (Å²) < 4.78 is 25.2. The molecule has 0 bridgehead atoms. The molecule has 2 atom stereocenters. The van der Waals surface area contributed by atoms with Gasteiger partial charge in [-0.3, -0.25) is 0 Å². The summed E-state index contributed by atoms with van der Waals surface area (Å²) in [4.78, 5) is 7.45. The molecule has 1 aromatic rings. The van der Waals surface area contributed by atoms with E-state index in [1.54, 1.807) is 13.3 Å². The predicted octanol–water partition coefficient (Wildman–Crippen LogP) is 1.57. The smallest absolute Gasteiger partial charge is 0.240 e. The first-order chi connectivity index (χ1) is 7.02. The number of nitrogens with zero attached hydrogens (tertiary/aromatic N) is 3. The number of halogens is 1. The van der Waals surface area contributed by atoms with Crippen molar-refractivity contribution in [3.8, 4) is 0 Å². The van der Waals surface area contributed by atoms with E-state index in [2.05, 4.69) is 9.97 Å². The van der Waals surface area contributed by atoms with Gasteiger partial charge in [0.1, 0.15) is 5.15 Å². The van der Waals surface area contributed by atoms with E-state index in [0.29, 0.717) is 0 Å². The molecule has 2 unspecified atom stereocenters.